The number of aryl methyl sites for hydroxylation is 1. The standard InChI is InChI=1S/C18H18O2/c1-20-18(19)15-11-9-14(10-12-15)17-8-4-6-13-5-2-3-7-16(13)17/h2-3,5,7,9-12,17H,4,6,8H2,1H3. The summed E-state index contributed by atoms with van der Waals surface area (Å²) in [4.78, 5) is 11.5. The van der Waals surface area contributed by atoms with Crippen molar-refractivity contribution < 1.29 is 9.53 Å². The van der Waals surface area contributed by atoms with E-state index < -0.39 is 0 Å². The molecule has 0 aliphatic heterocycles. The van der Waals surface area contributed by atoms with Gasteiger partial charge in [0.2, 0.25) is 0 Å². The minimum absolute atomic E-state index is 0.277. The molecule has 0 spiro atoms. The van der Waals surface area contributed by atoms with E-state index in [0.717, 1.165) is 0 Å². The van der Waals surface area contributed by atoms with Gasteiger partial charge in [-0.3, -0.25) is 0 Å². The molecule has 1 atom stereocenters. The van der Waals surface area contributed by atoms with Gasteiger partial charge in [0.05, 0.1) is 12.7 Å². The Bertz CT molecular complexity index is 614. The van der Waals surface area contributed by atoms with Crippen molar-refractivity contribution in [3.05, 3.63) is 70.8 Å². The Morgan fingerprint density at radius 1 is 1.10 bits per heavy atom. The van der Waals surface area contributed by atoms with Gasteiger partial charge < -0.3 is 4.74 Å². The molecule has 102 valence electrons. The van der Waals surface area contributed by atoms with Gasteiger partial charge in [0.1, 0.15) is 0 Å². The predicted octanol–water partition coefficient (Wildman–Crippen LogP) is 3.94. The Labute approximate surface area is 119 Å². The van der Waals surface area contributed by atoms with Crippen LogP contribution in [0.15, 0.2) is 48.5 Å². The van der Waals surface area contributed by atoms with E-state index in [1.807, 2.05) is 12.1 Å². The van der Waals surface area contributed by atoms with Gasteiger partial charge in [0.15, 0.2) is 0 Å². The summed E-state index contributed by atoms with van der Waals surface area (Å²) in [5.74, 6) is 0.173. The highest BCUT2D eigenvalue weighted by atomic mass is 16.5. The van der Waals surface area contributed by atoms with Crippen LogP contribution < -0.4 is 0 Å². The number of ether oxygens (including phenoxy) is 1. The van der Waals surface area contributed by atoms with Crippen molar-refractivity contribution >= 4 is 5.97 Å². The molecule has 0 bridgehead atoms. The van der Waals surface area contributed by atoms with Crippen LogP contribution in [0.4, 0.5) is 0 Å². The number of benzene rings is 2. The number of carbonyl (C=O) groups excluding carboxylic acids is 1. The first-order chi connectivity index (χ1) is 9.79. The zero-order chi connectivity index (χ0) is 13.9. The van der Waals surface area contributed by atoms with E-state index in [4.69, 9.17) is 4.74 Å². The van der Waals surface area contributed by atoms with E-state index in [-0.39, 0.29) is 5.97 Å². The Balaban J connectivity index is 1.92. The average molecular weight is 266 g/mol. The number of hydrogen-bond donors (Lipinski definition) is 0. The number of rotatable bonds is 2. The highest BCUT2D eigenvalue weighted by Gasteiger charge is 2.21. The number of hydrogen-bond acceptors (Lipinski definition) is 2. The third-order valence-corrected chi connectivity index (χ3v) is 4.10. The van der Waals surface area contributed by atoms with Crippen LogP contribution in [-0.2, 0) is 11.2 Å². The maximum absolute atomic E-state index is 11.5. The summed E-state index contributed by atoms with van der Waals surface area (Å²) in [6, 6.07) is 16.5. The van der Waals surface area contributed by atoms with Crippen LogP contribution in [0, 0.1) is 0 Å². The molecule has 0 saturated carbocycles. The first-order valence-corrected chi connectivity index (χ1v) is 7.05. The largest absolute Gasteiger partial charge is 0.465 e. The van der Waals surface area contributed by atoms with Crippen molar-refractivity contribution in [1.29, 1.82) is 0 Å². The molecule has 0 fully saturated rings. The van der Waals surface area contributed by atoms with Gasteiger partial charge in [-0.1, -0.05) is 36.4 Å². The predicted molar refractivity (Wildman–Crippen MR) is 79.0 cm³/mol. The molecule has 0 radical (unpaired) electrons. The van der Waals surface area contributed by atoms with Gasteiger partial charge in [-0.05, 0) is 48.1 Å². The van der Waals surface area contributed by atoms with E-state index in [9.17, 15) is 4.79 Å². The van der Waals surface area contributed by atoms with E-state index in [2.05, 4.69) is 36.4 Å². The molecule has 3 rings (SSSR count). The van der Waals surface area contributed by atoms with E-state index in [1.54, 1.807) is 0 Å². The molecule has 0 amide bonds. The fourth-order valence-electron chi connectivity index (χ4n) is 3.07. The second-order valence-corrected chi connectivity index (χ2v) is 5.26. The summed E-state index contributed by atoms with van der Waals surface area (Å²) in [6.45, 7) is 0. The van der Waals surface area contributed by atoms with Crippen molar-refractivity contribution in [3.63, 3.8) is 0 Å². The molecular formula is C18H18O2. The highest BCUT2D eigenvalue weighted by molar-refractivity contribution is 5.89. The molecule has 2 heteroatoms. The lowest BCUT2D eigenvalue weighted by atomic mass is 9.79. The minimum Gasteiger partial charge on any atom is -0.465 e. The number of carbonyl (C=O) groups is 1. The number of fused-ring (bicyclic) bond motifs is 1. The van der Waals surface area contributed by atoms with Crippen LogP contribution in [0.1, 0.15) is 45.8 Å². The van der Waals surface area contributed by atoms with Crippen molar-refractivity contribution in [3.8, 4) is 0 Å². The molecule has 20 heavy (non-hydrogen) atoms. The Morgan fingerprint density at radius 2 is 1.85 bits per heavy atom. The van der Waals surface area contributed by atoms with Gasteiger partial charge in [0.25, 0.3) is 0 Å². The monoisotopic (exact) mass is 266 g/mol. The van der Waals surface area contributed by atoms with Gasteiger partial charge in [-0.15, -0.1) is 0 Å². The van der Waals surface area contributed by atoms with Gasteiger partial charge in [-0.25, -0.2) is 4.79 Å². The molecule has 0 N–H and O–H groups in total. The fraction of sp³-hybridized carbons (Fsp3) is 0.278. The molecule has 1 aliphatic rings. The molecule has 2 aromatic rings. The highest BCUT2D eigenvalue weighted by Crippen LogP contribution is 2.36. The summed E-state index contributed by atoms with van der Waals surface area (Å²) in [7, 11) is 1.41. The maximum atomic E-state index is 11.5. The lowest BCUT2D eigenvalue weighted by Gasteiger charge is -2.26. The summed E-state index contributed by atoms with van der Waals surface area (Å²) in [5, 5.41) is 0. The molecular weight excluding hydrogens is 248 g/mol. The fourth-order valence-corrected chi connectivity index (χ4v) is 3.07. The number of methoxy groups -OCH3 is 1. The van der Waals surface area contributed by atoms with Crippen LogP contribution in [-0.4, -0.2) is 13.1 Å². The van der Waals surface area contributed by atoms with Crippen molar-refractivity contribution in [2.75, 3.05) is 7.11 Å². The zero-order valence-electron chi connectivity index (χ0n) is 11.6. The molecule has 0 heterocycles. The first-order valence-electron chi connectivity index (χ1n) is 7.05. The first kappa shape index (κ1) is 12.9. The van der Waals surface area contributed by atoms with Crippen LogP contribution in [0.5, 0.6) is 0 Å². The van der Waals surface area contributed by atoms with Crippen molar-refractivity contribution in [1.82, 2.24) is 0 Å². The smallest absolute Gasteiger partial charge is 0.337 e. The van der Waals surface area contributed by atoms with Crippen LogP contribution in [0.2, 0.25) is 0 Å². The second kappa shape index (κ2) is 5.49. The maximum Gasteiger partial charge on any atom is 0.337 e. The Morgan fingerprint density at radius 3 is 2.60 bits per heavy atom. The summed E-state index contributed by atoms with van der Waals surface area (Å²) in [6.07, 6.45) is 3.57. The van der Waals surface area contributed by atoms with Crippen LogP contribution in [0.3, 0.4) is 0 Å². The normalized spacial score (nSPS) is 17.4. The Hall–Kier alpha value is -2.09. The van der Waals surface area contributed by atoms with Gasteiger partial charge in [-0.2, -0.15) is 0 Å². The van der Waals surface area contributed by atoms with Crippen LogP contribution in [0.25, 0.3) is 0 Å². The molecule has 1 aliphatic carbocycles. The lowest BCUT2D eigenvalue weighted by molar-refractivity contribution is 0.0600. The third kappa shape index (κ3) is 2.34. The van der Waals surface area contributed by atoms with E-state index >= 15 is 0 Å². The van der Waals surface area contributed by atoms with E-state index in [1.165, 1.54) is 43.1 Å². The summed E-state index contributed by atoms with van der Waals surface area (Å²) < 4.78 is 4.74. The van der Waals surface area contributed by atoms with Crippen molar-refractivity contribution in [2.45, 2.75) is 25.2 Å². The van der Waals surface area contributed by atoms with Crippen LogP contribution >= 0.6 is 0 Å². The molecule has 0 aromatic heterocycles. The van der Waals surface area contributed by atoms with Gasteiger partial charge in [0, 0.05) is 5.92 Å². The topological polar surface area (TPSA) is 26.3 Å². The minimum atomic E-state index is -0.277. The molecule has 2 aromatic carbocycles. The summed E-state index contributed by atoms with van der Waals surface area (Å²) in [5.41, 5.74) is 4.79. The van der Waals surface area contributed by atoms with Crippen molar-refractivity contribution in [2.24, 2.45) is 0 Å². The quantitative estimate of drug-likeness (QED) is 0.769. The Kier molecular flexibility index (Phi) is 3.55. The average Bonchev–Trinajstić information content (AvgIpc) is 2.54. The van der Waals surface area contributed by atoms with E-state index in [0.29, 0.717) is 11.5 Å². The number of esters is 1. The SMILES string of the molecule is COC(=O)c1ccc(C2CCCc3ccccc32)cc1. The van der Waals surface area contributed by atoms with Gasteiger partial charge >= 0.3 is 5.97 Å². The third-order valence-electron chi connectivity index (χ3n) is 4.10. The lowest BCUT2D eigenvalue weighted by Crippen LogP contribution is -2.11. The molecule has 2 nitrogen and oxygen atoms in total. The molecule has 0 saturated heterocycles. The zero-order valence-corrected chi connectivity index (χ0v) is 11.6. The second-order valence-electron chi connectivity index (χ2n) is 5.26. The summed E-state index contributed by atoms with van der Waals surface area (Å²) >= 11 is 0. The molecule has 1 unspecified atom stereocenters.